The molecule has 0 unspecified atom stereocenters. The summed E-state index contributed by atoms with van der Waals surface area (Å²) < 4.78 is 11.4. The van der Waals surface area contributed by atoms with Gasteiger partial charge in [0.1, 0.15) is 17.2 Å². The molecular formula is C17H19NO4. The van der Waals surface area contributed by atoms with E-state index >= 15 is 0 Å². The Kier molecular flexibility index (Phi) is 5.65. The molecule has 0 atom stereocenters. The molecule has 22 heavy (non-hydrogen) atoms. The number of benzene rings is 2. The van der Waals surface area contributed by atoms with Gasteiger partial charge in [-0.05, 0) is 49.2 Å². The van der Waals surface area contributed by atoms with Crippen molar-refractivity contribution in [3.63, 3.8) is 0 Å². The van der Waals surface area contributed by atoms with Crippen LogP contribution in [-0.4, -0.2) is 24.4 Å². The molecule has 0 aliphatic rings. The average Bonchev–Trinajstić information content (AvgIpc) is 2.50. The molecule has 2 aromatic carbocycles. The Bertz CT molecular complexity index is 613. The predicted octanol–water partition coefficient (Wildman–Crippen LogP) is 3.82. The van der Waals surface area contributed by atoms with E-state index in [-0.39, 0.29) is 0 Å². The fraction of sp³-hybridized carbons (Fsp3) is 0.235. The zero-order chi connectivity index (χ0) is 15.8. The van der Waals surface area contributed by atoms with Crippen molar-refractivity contribution in [2.45, 2.75) is 13.3 Å². The lowest BCUT2D eigenvalue weighted by Crippen LogP contribution is -2.23. The Hall–Kier alpha value is -2.69. The minimum absolute atomic E-state index is 0.378. The minimum atomic E-state index is -1.02. The number of para-hydroxylation sites is 1. The third-order valence-electron chi connectivity index (χ3n) is 2.98. The van der Waals surface area contributed by atoms with Gasteiger partial charge in [-0.1, -0.05) is 18.2 Å². The van der Waals surface area contributed by atoms with E-state index in [1.807, 2.05) is 55.5 Å². The number of ether oxygens (including phenoxy) is 2. The van der Waals surface area contributed by atoms with Crippen LogP contribution in [0.3, 0.4) is 0 Å². The van der Waals surface area contributed by atoms with Crippen molar-refractivity contribution in [2.75, 3.05) is 13.2 Å². The van der Waals surface area contributed by atoms with Gasteiger partial charge in [0, 0.05) is 6.54 Å². The fourth-order valence-electron chi connectivity index (χ4n) is 1.90. The van der Waals surface area contributed by atoms with Gasteiger partial charge in [0.05, 0.1) is 6.61 Å². The summed E-state index contributed by atoms with van der Waals surface area (Å²) in [6.45, 7) is 2.79. The van der Waals surface area contributed by atoms with Gasteiger partial charge in [-0.3, -0.25) is 0 Å². The smallest absolute Gasteiger partial charge is 0.404 e. The summed E-state index contributed by atoms with van der Waals surface area (Å²) in [5, 5.41) is 10.7. The number of nitrogens with one attached hydrogen (secondary N) is 1. The summed E-state index contributed by atoms with van der Waals surface area (Å²) in [6.07, 6.45) is -0.397. The summed E-state index contributed by atoms with van der Waals surface area (Å²) in [5.74, 6) is 2.32. The standard InChI is InChI=1S/C17H19NO4/c1-13-12-15(21-11-5-10-18-17(19)20)8-9-16(13)22-14-6-3-2-4-7-14/h2-4,6-9,12,18H,5,10-11H2,1H3,(H,19,20). The van der Waals surface area contributed by atoms with Crippen LogP contribution in [0.2, 0.25) is 0 Å². The summed E-state index contributed by atoms with van der Waals surface area (Å²) >= 11 is 0. The van der Waals surface area contributed by atoms with E-state index in [1.54, 1.807) is 0 Å². The van der Waals surface area contributed by atoms with E-state index in [0.29, 0.717) is 19.6 Å². The molecule has 5 heteroatoms. The molecular weight excluding hydrogens is 282 g/mol. The van der Waals surface area contributed by atoms with Crippen LogP contribution in [-0.2, 0) is 0 Å². The number of aryl methyl sites for hydroxylation is 1. The second-order valence-electron chi connectivity index (χ2n) is 4.78. The highest BCUT2D eigenvalue weighted by atomic mass is 16.5. The molecule has 1 amide bonds. The van der Waals surface area contributed by atoms with Crippen molar-refractivity contribution < 1.29 is 19.4 Å². The number of hydrogen-bond acceptors (Lipinski definition) is 3. The van der Waals surface area contributed by atoms with Crippen molar-refractivity contribution >= 4 is 6.09 Å². The first-order valence-corrected chi connectivity index (χ1v) is 7.08. The van der Waals surface area contributed by atoms with E-state index in [2.05, 4.69) is 5.32 Å². The monoisotopic (exact) mass is 301 g/mol. The lowest BCUT2D eigenvalue weighted by Gasteiger charge is -2.11. The maximum absolute atomic E-state index is 10.3. The second-order valence-corrected chi connectivity index (χ2v) is 4.78. The first-order valence-electron chi connectivity index (χ1n) is 7.08. The van der Waals surface area contributed by atoms with Crippen molar-refractivity contribution in [3.8, 4) is 17.2 Å². The highest BCUT2D eigenvalue weighted by Crippen LogP contribution is 2.27. The van der Waals surface area contributed by atoms with E-state index in [1.165, 1.54) is 0 Å². The molecule has 0 bridgehead atoms. The van der Waals surface area contributed by atoms with Crippen LogP contribution in [0.1, 0.15) is 12.0 Å². The molecule has 2 rings (SSSR count). The average molecular weight is 301 g/mol. The Morgan fingerprint density at radius 2 is 1.91 bits per heavy atom. The highest BCUT2D eigenvalue weighted by Gasteiger charge is 2.03. The molecule has 0 saturated carbocycles. The number of amides is 1. The molecule has 0 spiro atoms. The van der Waals surface area contributed by atoms with Crippen LogP contribution in [0.4, 0.5) is 4.79 Å². The topological polar surface area (TPSA) is 67.8 Å². The summed E-state index contributed by atoms with van der Waals surface area (Å²) in [7, 11) is 0. The van der Waals surface area contributed by atoms with Gasteiger partial charge >= 0.3 is 6.09 Å². The Morgan fingerprint density at radius 1 is 1.14 bits per heavy atom. The van der Waals surface area contributed by atoms with Crippen molar-refractivity contribution in [2.24, 2.45) is 0 Å². The molecule has 116 valence electrons. The lowest BCUT2D eigenvalue weighted by molar-refractivity contribution is 0.193. The molecule has 0 fully saturated rings. The number of hydrogen-bond donors (Lipinski definition) is 2. The van der Waals surface area contributed by atoms with Crippen LogP contribution >= 0.6 is 0 Å². The molecule has 0 aliphatic carbocycles. The third kappa shape index (κ3) is 5.01. The van der Waals surface area contributed by atoms with Gasteiger partial charge in [0.2, 0.25) is 0 Å². The predicted molar refractivity (Wildman–Crippen MR) is 83.8 cm³/mol. The van der Waals surface area contributed by atoms with Crippen molar-refractivity contribution in [3.05, 3.63) is 54.1 Å². The van der Waals surface area contributed by atoms with Gasteiger partial charge in [0.25, 0.3) is 0 Å². The lowest BCUT2D eigenvalue weighted by atomic mass is 10.2. The fourth-order valence-corrected chi connectivity index (χ4v) is 1.90. The number of rotatable bonds is 7. The van der Waals surface area contributed by atoms with Crippen LogP contribution in [0.25, 0.3) is 0 Å². The van der Waals surface area contributed by atoms with Gasteiger partial charge in [-0.25, -0.2) is 4.79 Å². The molecule has 0 aromatic heterocycles. The summed E-state index contributed by atoms with van der Waals surface area (Å²) in [6, 6.07) is 15.2. The van der Waals surface area contributed by atoms with Crippen molar-refractivity contribution in [1.29, 1.82) is 0 Å². The van der Waals surface area contributed by atoms with E-state index in [0.717, 1.165) is 22.8 Å². The molecule has 2 aromatic rings. The van der Waals surface area contributed by atoms with Crippen LogP contribution in [0, 0.1) is 6.92 Å². The van der Waals surface area contributed by atoms with Gasteiger partial charge in [-0.15, -0.1) is 0 Å². The normalized spacial score (nSPS) is 10.0. The van der Waals surface area contributed by atoms with Gasteiger partial charge in [-0.2, -0.15) is 0 Å². The van der Waals surface area contributed by atoms with Crippen LogP contribution in [0.15, 0.2) is 48.5 Å². The Labute approximate surface area is 129 Å². The van der Waals surface area contributed by atoms with E-state index in [4.69, 9.17) is 14.6 Å². The quantitative estimate of drug-likeness (QED) is 0.763. The summed E-state index contributed by atoms with van der Waals surface area (Å²) in [5.41, 5.74) is 0.977. The maximum atomic E-state index is 10.3. The molecule has 0 aliphatic heterocycles. The van der Waals surface area contributed by atoms with Crippen molar-refractivity contribution in [1.82, 2.24) is 5.32 Å². The molecule has 0 saturated heterocycles. The molecule has 0 radical (unpaired) electrons. The zero-order valence-electron chi connectivity index (χ0n) is 12.4. The molecule has 5 nitrogen and oxygen atoms in total. The zero-order valence-corrected chi connectivity index (χ0v) is 12.4. The van der Waals surface area contributed by atoms with E-state index in [9.17, 15) is 4.79 Å². The minimum Gasteiger partial charge on any atom is -0.494 e. The Morgan fingerprint density at radius 3 is 2.59 bits per heavy atom. The Balaban J connectivity index is 1.85. The maximum Gasteiger partial charge on any atom is 0.404 e. The molecule has 2 N–H and O–H groups in total. The summed E-state index contributed by atoms with van der Waals surface area (Å²) in [4.78, 5) is 10.3. The van der Waals surface area contributed by atoms with Gasteiger partial charge in [0.15, 0.2) is 0 Å². The van der Waals surface area contributed by atoms with Gasteiger partial charge < -0.3 is 19.9 Å². The second kappa shape index (κ2) is 7.93. The first kappa shape index (κ1) is 15.7. The highest BCUT2D eigenvalue weighted by molar-refractivity contribution is 5.64. The largest absolute Gasteiger partial charge is 0.494 e. The third-order valence-corrected chi connectivity index (χ3v) is 2.98. The first-order chi connectivity index (χ1) is 10.6. The van der Waals surface area contributed by atoms with E-state index < -0.39 is 6.09 Å². The number of carbonyl (C=O) groups is 1. The van der Waals surface area contributed by atoms with Crippen LogP contribution < -0.4 is 14.8 Å². The number of carboxylic acid groups (broad SMARTS) is 1. The molecule has 0 heterocycles. The van der Waals surface area contributed by atoms with Crippen LogP contribution in [0.5, 0.6) is 17.2 Å². The SMILES string of the molecule is Cc1cc(OCCCNC(=O)O)ccc1Oc1ccccc1.